The first kappa shape index (κ1) is 50.1. The molecular weight excluding hydrogens is 855 g/mol. The third-order valence-electron chi connectivity index (χ3n) is 11.6. The van der Waals surface area contributed by atoms with Crippen LogP contribution >= 0.6 is 11.3 Å². The number of hydrogen-bond acceptors (Lipinski definition) is 12. The lowest BCUT2D eigenvalue weighted by Crippen LogP contribution is -2.62. The van der Waals surface area contributed by atoms with Gasteiger partial charge >= 0.3 is 12.1 Å². The van der Waals surface area contributed by atoms with Gasteiger partial charge in [-0.05, 0) is 70.4 Å². The zero-order chi connectivity index (χ0) is 47.4. The predicted octanol–water partition coefficient (Wildman–Crippen LogP) is 3.84. The van der Waals surface area contributed by atoms with Gasteiger partial charge < -0.3 is 45.6 Å². The van der Waals surface area contributed by atoms with Crippen molar-refractivity contribution in [2.45, 2.75) is 134 Å². The summed E-state index contributed by atoms with van der Waals surface area (Å²) >= 11 is 1.24. The van der Waals surface area contributed by atoms with E-state index in [0.29, 0.717) is 43.7 Å². The van der Waals surface area contributed by atoms with E-state index < -0.39 is 95.5 Å². The van der Waals surface area contributed by atoms with Crippen LogP contribution in [0.3, 0.4) is 0 Å². The molecule has 0 spiro atoms. The molecule has 0 aliphatic carbocycles. The van der Waals surface area contributed by atoms with Crippen molar-refractivity contribution in [1.82, 2.24) is 36.1 Å². The lowest BCUT2D eigenvalue weighted by atomic mass is 9.96. The van der Waals surface area contributed by atoms with Gasteiger partial charge in [0, 0.05) is 31.3 Å². The molecule has 2 fully saturated rings. The number of aliphatic hydroxyl groups is 1. The van der Waals surface area contributed by atoms with Crippen LogP contribution in [0.25, 0.3) is 0 Å². The van der Waals surface area contributed by atoms with E-state index in [1.165, 1.54) is 30.3 Å². The maximum absolute atomic E-state index is 14.4. The average molecular weight is 918 g/mol. The summed E-state index contributed by atoms with van der Waals surface area (Å²) in [6.45, 7) is 10.7. The summed E-state index contributed by atoms with van der Waals surface area (Å²) < 4.78 is 10.3. The SMILES string of the molecule is CC[C@H](C)[C@H](NC(=O)[C@@H]1CCCN1C(=O)[C@H](Cc1ccccc1)NC(=O)OC(C)(C)C)C(=O)N[C@H](C(=O)N[C@@H](Cc1ccccc1)C(=O)N1CCC[C@H]1c1nc(C(=O)OC)cs1)[C@H](C)O. The second-order valence-corrected chi connectivity index (χ2v) is 18.6. The molecule has 0 unspecified atom stereocenters. The molecule has 17 nitrogen and oxygen atoms in total. The Kier molecular flexibility index (Phi) is 17.6. The normalized spacial score (nSPS) is 18.9. The summed E-state index contributed by atoms with van der Waals surface area (Å²) in [6.07, 6.45) is 0.540. The molecule has 18 heteroatoms. The zero-order valence-corrected chi connectivity index (χ0v) is 39.0. The van der Waals surface area contributed by atoms with E-state index in [2.05, 4.69) is 26.3 Å². The molecule has 352 valence electrons. The molecule has 2 aliphatic rings. The minimum Gasteiger partial charge on any atom is -0.464 e. The van der Waals surface area contributed by atoms with Gasteiger partial charge in [-0.2, -0.15) is 0 Å². The standard InChI is InChI=1S/C47H63N7O10S/c1-8-28(2)37(51-39(56)35-21-15-23-53(35)44(60)33(26-31-19-13-10-14-20-31)50-46(62)64-47(4,5)6)40(57)52-38(29(3)55)41(58)48-32(25-30-17-11-9-12-18-30)43(59)54-24-16-22-36(54)42-49-34(27-65-42)45(61)63-7/h9-14,17-20,27-29,32-33,35-38,55H,8,15-16,21-26H2,1-7H3,(H,48,58)(H,50,62)(H,51,56)(H,52,57)/t28-,29-,32-,33-,35-,36-,37-,38-/m0/s1. The Bertz CT molecular complexity index is 2130. The zero-order valence-electron chi connectivity index (χ0n) is 38.2. The van der Waals surface area contributed by atoms with Crippen molar-refractivity contribution in [3.63, 3.8) is 0 Å². The maximum atomic E-state index is 14.4. The molecular formula is C47H63N7O10S. The highest BCUT2D eigenvalue weighted by Gasteiger charge is 2.42. The Balaban J connectivity index is 1.32. The van der Waals surface area contributed by atoms with E-state index >= 15 is 0 Å². The minimum absolute atomic E-state index is 0.0993. The molecule has 5 rings (SSSR count). The minimum atomic E-state index is -1.53. The Morgan fingerprint density at radius 1 is 0.785 bits per heavy atom. The van der Waals surface area contributed by atoms with Crippen molar-refractivity contribution in [3.8, 4) is 0 Å². The predicted molar refractivity (Wildman–Crippen MR) is 242 cm³/mol. The summed E-state index contributed by atoms with van der Waals surface area (Å²) in [4.78, 5) is 104. The number of esters is 1. The van der Waals surface area contributed by atoms with Crippen LogP contribution in [0, 0.1) is 5.92 Å². The Labute approximate surface area is 384 Å². The van der Waals surface area contributed by atoms with Crippen LogP contribution in [0.2, 0.25) is 0 Å². The number of rotatable bonds is 18. The van der Waals surface area contributed by atoms with Crippen LogP contribution in [-0.4, -0.2) is 124 Å². The molecule has 5 N–H and O–H groups in total. The largest absolute Gasteiger partial charge is 0.464 e. The fourth-order valence-electron chi connectivity index (χ4n) is 8.04. The van der Waals surface area contributed by atoms with E-state index in [9.17, 15) is 38.7 Å². The summed E-state index contributed by atoms with van der Waals surface area (Å²) in [5.41, 5.74) is 0.861. The average Bonchev–Trinajstić information content (AvgIpc) is 4.08. The van der Waals surface area contributed by atoms with Crippen molar-refractivity contribution in [2.75, 3.05) is 20.2 Å². The van der Waals surface area contributed by atoms with Crippen molar-refractivity contribution >= 4 is 52.9 Å². The number of aromatic nitrogens is 1. The summed E-state index contributed by atoms with van der Waals surface area (Å²) in [5, 5.41) is 24.1. The Hall–Kier alpha value is -5.88. The quantitative estimate of drug-likeness (QED) is 0.115. The molecule has 3 aromatic rings. The van der Waals surface area contributed by atoms with Crippen LogP contribution in [0.1, 0.15) is 106 Å². The molecule has 3 heterocycles. The second kappa shape index (κ2) is 22.8. The fraction of sp³-hybridized carbons (Fsp3) is 0.532. The van der Waals surface area contributed by atoms with Crippen molar-refractivity contribution in [3.05, 3.63) is 87.9 Å². The van der Waals surface area contributed by atoms with Crippen LogP contribution in [0.4, 0.5) is 4.79 Å². The number of amides is 6. The van der Waals surface area contributed by atoms with Gasteiger partial charge in [0.15, 0.2) is 5.69 Å². The van der Waals surface area contributed by atoms with Gasteiger partial charge in [-0.1, -0.05) is 80.9 Å². The number of hydrogen-bond donors (Lipinski definition) is 5. The molecule has 65 heavy (non-hydrogen) atoms. The fourth-order valence-corrected chi connectivity index (χ4v) is 8.97. The lowest BCUT2D eigenvalue weighted by Gasteiger charge is -2.32. The Morgan fingerprint density at radius 3 is 1.91 bits per heavy atom. The van der Waals surface area contributed by atoms with Crippen molar-refractivity contribution < 1.29 is 48.1 Å². The van der Waals surface area contributed by atoms with Gasteiger partial charge in [-0.15, -0.1) is 11.3 Å². The highest BCUT2D eigenvalue weighted by molar-refractivity contribution is 7.09. The van der Waals surface area contributed by atoms with Gasteiger partial charge in [0.05, 0.1) is 19.3 Å². The lowest BCUT2D eigenvalue weighted by molar-refractivity contribution is -0.142. The highest BCUT2D eigenvalue weighted by atomic mass is 32.1. The topological polar surface area (TPSA) is 226 Å². The number of carbonyl (C=O) groups excluding carboxylic acids is 7. The molecule has 0 saturated carbocycles. The number of ether oxygens (including phenoxy) is 2. The smallest absolute Gasteiger partial charge is 0.408 e. The van der Waals surface area contributed by atoms with E-state index in [1.807, 2.05) is 67.6 Å². The molecule has 1 aromatic heterocycles. The molecule has 2 aliphatic heterocycles. The summed E-state index contributed by atoms with van der Waals surface area (Å²) in [7, 11) is 1.26. The number of benzene rings is 2. The third kappa shape index (κ3) is 13.6. The van der Waals surface area contributed by atoms with Crippen LogP contribution in [-0.2, 0) is 46.3 Å². The highest BCUT2D eigenvalue weighted by Crippen LogP contribution is 2.35. The van der Waals surface area contributed by atoms with Crippen LogP contribution in [0.15, 0.2) is 66.0 Å². The molecule has 2 aromatic carbocycles. The van der Waals surface area contributed by atoms with Crippen LogP contribution < -0.4 is 21.3 Å². The monoisotopic (exact) mass is 917 g/mol. The Morgan fingerprint density at radius 2 is 1.34 bits per heavy atom. The summed E-state index contributed by atoms with van der Waals surface area (Å²) in [6, 6.07) is 12.0. The molecule has 2 saturated heterocycles. The molecule has 0 radical (unpaired) electrons. The van der Waals surface area contributed by atoms with E-state index in [0.717, 1.165) is 11.1 Å². The van der Waals surface area contributed by atoms with Gasteiger partial charge in [0.1, 0.15) is 40.8 Å². The van der Waals surface area contributed by atoms with Crippen molar-refractivity contribution in [2.24, 2.45) is 5.92 Å². The third-order valence-corrected chi connectivity index (χ3v) is 12.5. The van der Waals surface area contributed by atoms with Crippen LogP contribution in [0.5, 0.6) is 0 Å². The first-order valence-electron chi connectivity index (χ1n) is 22.2. The van der Waals surface area contributed by atoms with Gasteiger partial charge in [0.2, 0.25) is 29.5 Å². The number of methoxy groups -OCH3 is 1. The number of nitrogens with one attached hydrogen (secondary N) is 4. The molecule has 6 amide bonds. The maximum Gasteiger partial charge on any atom is 0.408 e. The van der Waals surface area contributed by atoms with Gasteiger partial charge in [-0.25, -0.2) is 14.6 Å². The van der Waals surface area contributed by atoms with Crippen molar-refractivity contribution in [1.29, 1.82) is 0 Å². The van der Waals surface area contributed by atoms with E-state index in [-0.39, 0.29) is 25.1 Å². The number of likely N-dealkylation sites (tertiary alicyclic amines) is 2. The number of carbonyl (C=O) groups is 7. The number of aliphatic hydroxyl groups excluding tert-OH is 1. The van der Waals surface area contributed by atoms with Gasteiger partial charge in [0.25, 0.3) is 0 Å². The van der Waals surface area contributed by atoms with Gasteiger partial charge in [-0.3, -0.25) is 24.0 Å². The first-order valence-corrected chi connectivity index (χ1v) is 23.1. The van der Waals surface area contributed by atoms with E-state index in [1.54, 1.807) is 38.0 Å². The molecule has 0 bridgehead atoms. The summed E-state index contributed by atoms with van der Waals surface area (Å²) in [5.74, 6) is -4.07. The van der Waals surface area contributed by atoms with E-state index in [4.69, 9.17) is 9.47 Å². The first-order chi connectivity index (χ1) is 30.9. The number of alkyl carbamates (subject to hydrolysis) is 1. The second-order valence-electron chi connectivity index (χ2n) is 17.7. The molecule has 8 atom stereocenters. The number of thiazole rings is 1. The number of nitrogens with zero attached hydrogens (tertiary/aromatic N) is 3.